The van der Waals surface area contributed by atoms with E-state index in [2.05, 4.69) is 0 Å². The van der Waals surface area contributed by atoms with Crippen LogP contribution in [0, 0.1) is 0 Å². The summed E-state index contributed by atoms with van der Waals surface area (Å²) >= 11 is 0. The molecule has 0 N–H and O–H groups in total. The molecule has 2 heteroatoms. The van der Waals surface area contributed by atoms with Crippen molar-refractivity contribution < 1.29 is 9.59 Å². The minimum absolute atomic E-state index is 0.182. The van der Waals surface area contributed by atoms with Crippen LogP contribution in [0.1, 0.15) is 35.2 Å². The predicted octanol–water partition coefficient (Wildman–Crippen LogP) is 1.95. The van der Waals surface area contributed by atoms with Gasteiger partial charge < -0.3 is 0 Å². The van der Waals surface area contributed by atoms with E-state index in [0.29, 0.717) is 12.0 Å². The summed E-state index contributed by atoms with van der Waals surface area (Å²) in [4.78, 5) is 22.6. The van der Waals surface area contributed by atoms with Crippen LogP contribution in [0.15, 0.2) is 24.3 Å². The van der Waals surface area contributed by atoms with Gasteiger partial charge in [-0.25, -0.2) is 0 Å². The Morgan fingerprint density at radius 2 is 1.92 bits per heavy atom. The second-order valence-electron chi connectivity index (χ2n) is 3.44. The highest BCUT2D eigenvalue weighted by Gasteiger charge is 2.28. The number of fused-ring (bicyclic) bond motifs is 1. The van der Waals surface area contributed by atoms with Crippen LogP contribution in [-0.2, 0) is 4.79 Å². The van der Waals surface area contributed by atoms with Crippen LogP contribution in [0.5, 0.6) is 0 Å². The number of ketones is 2. The molecule has 13 heavy (non-hydrogen) atoms. The zero-order valence-electron chi connectivity index (χ0n) is 7.41. The summed E-state index contributed by atoms with van der Waals surface area (Å²) in [6.45, 7) is 1.98. The summed E-state index contributed by atoms with van der Waals surface area (Å²) in [6, 6.07) is 7.34. The van der Waals surface area contributed by atoms with Gasteiger partial charge in [0.2, 0.25) is 11.6 Å². The fraction of sp³-hybridized carbons (Fsp3) is 0.273. The van der Waals surface area contributed by atoms with Crippen LogP contribution in [0.25, 0.3) is 0 Å². The van der Waals surface area contributed by atoms with Gasteiger partial charge >= 0.3 is 0 Å². The van der Waals surface area contributed by atoms with E-state index < -0.39 is 0 Å². The van der Waals surface area contributed by atoms with Gasteiger partial charge in [0.15, 0.2) is 0 Å². The maximum atomic E-state index is 11.4. The molecule has 2 nitrogen and oxygen atoms in total. The molecule has 1 aromatic carbocycles. The number of carbonyl (C=O) groups excluding carboxylic acids is 2. The van der Waals surface area contributed by atoms with Crippen molar-refractivity contribution in [3.8, 4) is 0 Å². The van der Waals surface area contributed by atoms with Crippen molar-refractivity contribution in [3.63, 3.8) is 0 Å². The average Bonchev–Trinajstić information content (AvgIpc) is 2.15. The van der Waals surface area contributed by atoms with Crippen LogP contribution >= 0.6 is 0 Å². The van der Waals surface area contributed by atoms with Crippen LogP contribution < -0.4 is 0 Å². The van der Waals surface area contributed by atoms with Crippen molar-refractivity contribution >= 4 is 11.6 Å². The number of Topliss-reactive ketones (excluding diaryl/α,β-unsaturated/α-hetero) is 2. The molecule has 1 aliphatic rings. The Hall–Kier alpha value is -1.44. The molecule has 1 aromatic rings. The zero-order chi connectivity index (χ0) is 9.42. The van der Waals surface area contributed by atoms with Gasteiger partial charge in [0, 0.05) is 12.0 Å². The highest BCUT2D eigenvalue weighted by Crippen LogP contribution is 2.28. The zero-order valence-corrected chi connectivity index (χ0v) is 7.41. The molecule has 0 aromatic heterocycles. The fourth-order valence-electron chi connectivity index (χ4n) is 1.76. The molecule has 66 valence electrons. The molecule has 0 fully saturated rings. The lowest BCUT2D eigenvalue weighted by atomic mass is 9.82. The molecule has 0 aliphatic heterocycles. The summed E-state index contributed by atoms with van der Waals surface area (Å²) in [5.74, 6) is -0.402. The van der Waals surface area contributed by atoms with E-state index in [1.54, 1.807) is 12.1 Å². The average molecular weight is 174 g/mol. The first-order valence-corrected chi connectivity index (χ1v) is 4.36. The normalized spacial score (nSPS) is 21.5. The highest BCUT2D eigenvalue weighted by molar-refractivity contribution is 6.45. The maximum Gasteiger partial charge on any atom is 0.228 e. The third kappa shape index (κ3) is 1.18. The first-order chi connectivity index (χ1) is 6.20. The molecule has 0 spiro atoms. The molecule has 1 unspecified atom stereocenters. The molecule has 2 rings (SSSR count). The van der Waals surface area contributed by atoms with Crippen molar-refractivity contribution in [1.29, 1.82) is 0 Å². The smallest absolute Gasteiger partial charge is 0.228 e. The van der Waals surface area contributed by atoms with Crippen molar-refractivity contribution in [2.75, 3.05) is 0 Å². The Morgan fingerprint density at radius 3 is 2.69 bits per heavy atom. The molecule has 0 saturated carbocycles. The maximum absolute atomic E-state index is 11.4. The third-order valence-corrected chi connectivity index (χ3v) is 2.48. The Morgan fingerprint density at radius 1 is 1.23 bits per heavy atom. The fourth-order valence-corrected chi connectivity index (χ4v) is 1.76. The van der Waals surface area contributed by atoms with Crippen molar-refractivity contribution in [2.45, 2.75) is 19.3 Å². The number of hydrogen-bond acceptors (Lipinski definition) is 2. The van der Waals surface area contributed by atoms with E-state index in [0.717, 1.165) is 5.56 Å². The van der Waals surface area contributed by atoms with E-state index >= 15 is 0 Å². The van der Waals surface area contributed by atoms with Crippen molar-refractivity contribution in [1.82, 2.24) is 0 Å². The van der Waals surface area contributed by atoms with Crippen LogP contribution in [0.3, 0.4) is 0 Å². The van der Waals surface area contributed by atoms with Crippen LogP contribution in [0.4, 0.5) is 0 Å². The Labute approximate surface area is 76.6 Å². The van der Waals surface area contributed by atoms with Gasteiger partial charge in [0.05, 0.1) is 0 Å². The molecule has 0 bridgehead atoms. The molecular formula is C11H10O2. The molecule has 1 atom stereocenters. The van der Waals surface area contributed by atoms with Gasteiger partial charge in [-0.1, -0.05) is 31.2 Å². The van der Waals surface area contributed by atoms with Crippen LogP contribution in [-0.4, -0.2) is 11.6 Å². The summed E-state index contributed by atoms with van der Waals surface area (Å²) in [7, 11) is 0. The van der Waals surface area contributed by atoms with Gasteiger partial charge in [0.25, 0.3) is 0 Å². The largest absolute Gasteiger partial charge is 0.290 e. The molecule has 0 amide bonds. The Bertz CT molecular complexity index is 379. The Balaban J connectivity index is 2.60. The summed E-state index contributed by atoms with van der Waals surface area (Å²) in [5.41, 5.74) is 1.60. The first kappa shape index (κ1) is 8.17. The highest BCUT2D eigenvalue weighted by atomic mass is 16.2. The van der Waals surface area contributed by atoms with Gasteiger partial charge in [-0.15, -0.1) is 0 Å². The van der Waals surface area contributed by atoms with E-state index in [-0.39, 0.29) is 17.5 Å². The standard InChI is InChI=1S/C11H10O2/c1-7-6-10(12)11(13)9-5-3-2-4-8(7)9/h2-5,7H,6H2,1H3. The van der Waals surface area contributed by atoms with E-state index in [4.69, 9.17) is 0 Å². The number of rotatable bonds is 0. The first-order valence-electron chi connectivity index (χ1n) is 4.36. The summed E-state index contributed by atoms with van der Waals surface area (Å²) in [6.07, 6.45) is 0.357. The number of carbonyl (C=O) groups is 2. The van der Waals surface area contributed by atoms with E-state index in [9.17, 15) is 9.59 Å². The van der Waals surface area contributed by atoms with E-state index in [1.807, 2.05) is 19.1 Å². The monoisotopic (exact) mass is 174 g/mol. The SMILES string of the molecule is CC1CC(=O)C(=O)c2ccccc21. The van der Waals surface area contributed by atoms with Gasteiger partial charge in [-0.05, 0) is 11.5 Å². The molecule has 0 radical (unpaired) electrons. The van der Waals surface area contributed by atoms with Crippen LogP contribution in [0.2, 0.25) is 0 Å². The quantitative estimate of drug-likeness (QED) is 0.563. The number of benzene rings is 1. The lowest BCUT2D eigenvalue weighted by molar-refractivity contribution is -0.115. The van der Waals surface area contributed by atoms with Crippen molar-refractivity contribution in [3.05, 3.63) is 35.4 Å². The topological polar surface area (TPSA) is 34.1 Å². The van der Waals surface area contributed by atoms with Gasteiger partial charge in [-0.2, -0.15) is 0 Å². The second kappa shape index (κ2) is 2.80. The summed E-state index contributed by atoms with van der Waals surface area (Å²) < 4.78 is 0. The van der Waals surface area contributed by atoms with E-state index in [1.165, 1.54) is 0 Å². The van der Waals surface area contributed by atoms with Crippen molar-refractivity contribution in [2.24, 2.45) is 0 Å². The third-order valence-electron chi connectivity index (χ3n) is 2.48. The molecule has 0 saturated heterocycles. The van der Waals surface area contributed by atoms with Gasteiger partial charge in [-0.3, -0.25) is 9.59 Å². The lowest BCUT2D eigenvalue weighted by Gasteiger charge is -2.19. The molecule has 1 aliphatic carbocycles. The molecule has 0 heterocycles. The summed E-state index contributed by atoms with van der Waals surface area (Å²) in [5, 5.41) is 0. The minimum Gasteiger partial charge on any atom is -0.290 e. The number of hydrogen-bond donors (Lipinski definition) is 0. The molecular weight excluding hydrogens is 164 g/mol. The lowest BCUT2D eigenvalue weighted by Crippen LogP contribution is -2.24. The van der Waals surface area contributed by atoms with Gasteiger partial charge in [0.1, 0.15) is 0 Å². The second-order valence-corrected chi connectivity index (χ2v) is 3.44. The Kier molecular flexibility index (Phi) is 1.76. The minimum atomic E-state index is -0.325. The predicted molar refractivity (Wildman–Crippen MR) is 48.8 cm³/mol.